The number of hydrogen-bond donors (Lipinski definition) is 1. The number of nitrogens with zero attached hydrogens (tertiary/aromatic N) is 2. The number of carbonyl (C=O) groups excluding carboxylic acids is 1. The third-order valence-electron chi connectivity index (χ3n) is 3.41. The fourth-order valence-electron chi connectivity index (χ4n) is 2.37. The Balaban J connectivity index is 0.00000154. The molecule has 2 atom stereocenters. The van der Waals surface area contributed by atoms with Gasteiger partial charge in [-0.15, -0.1) is 0 Å². The Morgan fingerprint density at radius 1 is 1.21 bits per heavy atom. The molecule has 0 radical (unpaired) electrons. The van der Waals surface area contributed by atoms with Gasteiger partial charge in [0.1, 0.15) is 0 Å². The standard InChI is InChI=1S/C13H27N3O.C2H6/c1-5-6-9-16(4)10-11-7-8-12(14-11)13(17)15(2)3;1-2/h11-12,14H,5-10H2,1-4H3;1-2H3. The number of carbonyl (C=O) groups is 1. The Kier molecular flexibility index (Phi) is 9.88. The van der Waals surface area contributed by atoms with Crippen molar-refractivity contribution >= 4 is 5.91 Å². The first-order chi connectivity index (χ1) is 9.04. The highest BCUT2D eigenvalue weighted by atomic mass is 16.2. The highest BCUT2D eigenvalue weighted by Crippen LogP contribution is 2.14. The van der Waals surface area contributed by atoms with Gasteiger partial charge < -0.3 is 15.1 Å². The molecular formula is C15H33N3O. The summed E-state index contributed by atoms with van der Waals surface area (Å²) in [5.41, 5.74) is 0. The van der Waals surface area contributed by atoms with Crippen LogP contribution < -0.4 is 5.32 Å². The molecule has 1 amide bonds. The first-order valence-electron chi connectivity index (χ1n) is 7.70. The molecule has 0 aliphatic carbocycles. The lowest BCUT2D eigenvalue weighted by Gasteiger charge is -2.22. The SMILES string of the molecule is CC.CCCCN(C)CC1CCC(C(=O)N(C)C)N1. The van der Waals surface area contributed by atoms with Crippen molar-refractivity contribution in [1.82, 2.24) is 15.1 Å². The van der Waals surface area contributed by atoms with E-state index in [1.165, 1.54) is 12.8 Å². The Morgan fingerprint density at radius 2 is 1.84 bits per heavy atom. The monoisotopic (exact) mass is 271 g/mol. The summed E-state index contributed by atoms with van der Waals surface area (Å²) in [4.78, 5) is 15.8. The zero-order valence-corrected chi connectivity index (χ0v) is 13.7. The van der Waals surface area contributed by atoms with Gasteiger partial charge in [0.15, 0.2) is 0 Å². The van der Waals surface area contributed by atoms with Crippen molar-refractivity contribution in [3.05, 3.63) is 0 Å². The van der Waals surface area contributed by atoms with Crippen molar-refractivity contribution in [2.24, 2.45) is 0 Å². The second-order valence-corrected chi connectivity index (χ2v) is 5.34. The van der Waals surface area contributed by atoms with Crippen LogP contribution in [0, 0.1) is 0 Å². The number of rotatable bonds is 6. The van der Waals surface area contributed by atoms with Gasteiger partial charge >= 0.3 is 0 Å². The topological polar surface area (TPSA) is 35.6 Å². The van der Waals surface area contributed by atoms with Crippen molar-refractivity contribution in [1.29, 1.82) is 0 Å². The largest absolute Gasteiger partial charge is 0.347 e. The molecule has 1 aliphatic heterocycles. The second-order valence-electron chi connectivity index (χ2n) is 5.34. The summed E-state index contributed by atoms with van der Waals surface area (Å²) < 4.78 is 0. The van der Waals surface area contributed by atoms with Gasteiger partial charge in [-0.3, -0.25) is 4.79 Å². The van der Waals surface area contributed by atoms with E-state index in [0.29, 0.717) is 6.04 Å². The smallest absolute Gasteiger partial charge is 0.239 e. The van der Waals surface area contributed by atoms with Crippen LogP contribution in [0.25, 0.3) is 0 Å². The first-order valence-corrected chi connectivity index (χ1v) is 7.70. The predicted molar refractivity (Wildman–Crippen MR) is 82.4 cm³/mol. The molecule has 0 saturated carbocycles. The maximum Gasteiger partial charge on any atom is 0.239 e. The quantitative estimate of drug-likeness (QED) is 0.802. The van der Waals surface area contributed by atoms with Gasteiger partial charge in [0.05, 0.1) is 6.04 Å². The molecular weight excluding hydrogens is 238 g/mol. The molecule has 0 spiro atoms. The number of amides is 1. The number of unbranched alkanes of at least 4 members (excludes halogenated alkanes) is 1. The van der Waals surface area contributed by atoms with Crippen LogP contribution in [0.2, 0.25) is 0 Å². The summed E-state index contributed by atoms with van der Waals surface area (Å²) in [6, 6.07) is 0.514. The molecule has 114 valence electrons. The van der Waals surface area contributed by atoms with Crippen LogP contribution in [0.4, 0.5) is 0 Å². The van der Waals surface area contributed by atoms with Gasteiger partial charge in [0.2, 0.25) is 5.91 Å². The summed E-state index contributed by atoms with van der Waals surface area (Å²) in [5, 5.41) is 3.45. The van der Waals surface area contributed by atoms with E-state index in [2.05, 4.69) is 24.2 Å². The first kappa shape index (κ1) is 18.4. The van der Waals surface area contributed by atoms with Crippen molar-refractivity contribution in [2.75, 3.05) is 34.2 Å². The molecule has 1 fully saturated rings. The molecule has 0 bridgehead atoms. The van der Waals surface area contributed by atoms with E-state index in [-0.39, 0.29) is 11.9 Å². The molecule has 1 saturated heterocycles. The number of likely N-dealkylation sites (N-methyl/N-ethyl adjacent to an activating group) is 2. The maximum atomic E-state index is 11.8. The molecule has 0 aromatic rings. The van der Waals surface area contributed by atoms with Crippen LogP contribution in [0.1, 0.15) is 46.5 Å². The minimum Gasteiger partial charge on any atom is -0.347 e. The number of hydrogen-bond acceptors (Lipinski definition) is 3. The van der Waals surface area contributed by atoms with E-state index in [4.69, 9.17) is 0 Å². The lowest BCUT2D eigenvalue weighted by atomic mass is 10.1. The van der Waals surface area contributed by atoms with Crippen LogP contribution in [0.15, 0.2) is 0 Å². The summed E-state index contributed by atoms with van der Waals surface area (Å²) in [5.74, 6) is 0.212. The predicted octanol–water partition coefficient (Wildman–Crippen LogP) is 1.95. The lowest BCUT2D eigenvalue weighted by Crippen LogP contribution is -2.45. The molecule has 4 nitrogen and oxygen atoms in total. The van der Waals surface area contributed by atoms with E-state index in [9.17, 15) is 4.79 Å². The molecule has 1 rings (SSSR count). The minimum absolute atomic E-state index is 0.0366. The van der Waals surface area contributed by atoms with Crippen molar-refractivity contribution in [2.45, 2.75) is 58.5 Å². The van der Waals surface area contributed by atoms with Crippen LogP contribution in [0.3, 0.4) is 0 Å². The highest BCUT2D eigenvalue weighted by Gasteiger charge is 2.30. The van der Waals surface area contributed by atoms with E-state index in [0.717, 1.165) is 25.9 Å². The van der Waals surface area contributed by atoms with E-state index < -0.39 is 0 Å². The van der Waals surface area contributed by atoms with Gasteiger partial charge in [-0.2, -0.15) is 0 Å². The zero-order valence-electron chi connectivity index (χ0n) is 13.7. The Hall–Kier alpha value is -0.610. The van der Waals surface area contributed by atoms with E-state index >= 15 is 0 Å². The molecule has 19 heavy (non-hydrogen) atoms. The van der Waals surface area contributed by atoms with Gasteiger partial charge in [-0.25, -0.2) is 0 Å². The molecule has 1 aliphatic rings. The lowest BCUT2D eigenvalue weighted by molar-refractivity contribution is -0.130. The van der Waals surface area contributed by atoms with Crippen LogP contribution in [-0.4, -0.2) is 62.0 Å². The van der Waals surface area contributed by atoms with Gasteiger partial charge in [0.25, 0.3) is 0 Å². The highest BCUT2D eigenvalue weighted by molar-refractivity contribution is 5.81. The Morgan fingerprint density at radius 3 is 2.37 bits per heavy atom. The van der Waals surface area contributed by atoms with E-state index in [1.54, 1.807) is 4.90 Å². The summed E-state index contributed by atoms with van der Waals surface area (Å²) >= 11 is 0. The van der Waals surface area contributed by atoms with Crippen molar-refractivity contribution in [3.8, 4) is 0 Å². The molecule has 1 heterocycles. The third-order valence-corrected chi connectivity index (χ3v) is 3.41. The average molecular weight is 271 g/mol. The minimum atomic E-state index is 0.0366. The maximum absolute atomic E-state index is 11.8. The van der Waals surface area contributed by atoms with Gasteiger partial charge in [-0.05, 0) is 32.9 Å². The average Bonchev–Trinajstić information content (AvgIpc) is 2.86. The second kappa shape index (κ2) is 10.2. The van der Waals surface area contributed by atoms with E-state index in [1.807, 2.05) is 27.9 Å². The summed E-state index contributed by atoms with van der Waals surface area (Å²) in [6.45, 7) is 8.42. The third kappa shape index (κ3) is 6.92. The Labute approximate surface area is 119 Å². The van der Waals surface area contributed by atoms with Gasteiger partial charge in [-0.1, -0.05) is 27.2 Å². The molecule has 0 aromatic heterocycles. The summed E-state index contributed by atoms with van der Waals surface area (Å²) in [6.07, 6.45) is 4.58. The molecule has 4 heteroatoms. The van der Waals surface area contributed by atoms with Crippen LogP contribution in [0.5, 0.6) is 0 Å². The van der Waals surface area contributed by atoms with Gasteiger partial charge in [0, 0.05) is 26.7 Å². The Bertz CT molecular complexity index is 244. The fraction of sp³-hybridized carbons (Fsp3) is 0.933. The van der Waals surface area contributed by atoms with Crippen molar-refractivity contribution in [3.63, 3.8) is 0 Å². The zero-order chi connectivity index (χ0) is 14.8. The van der Waals surface area contributed by atoms with Crippen LogP contribution >= 0.6 is 0 Å². The van der Waals surface area contributed by atoms with Crippen LogP contribution in [-0.2, 0) is 4.79 Å². The normalized spacial score (nSPS) is 22.1. The number of nitrogens with one attached hydrogen (secondary N) is 1. The molecule has 0 aromatic carbocycles. The fourth-order valence-corrected chi connectivity index (χ4v) is 2.37. The summed E-state index contributed by atoms with van der Waals surface area (Å²) in [7, 11) is 5.81. The van der Waals surface area contributed by atoms with Crippen molar-refractivity contribution < 1.29 is 4.79 Å². The molecule has 1 N–H and O–H groups in total. The molecule has 2 unspecified atom stereocenters.